The lowest BCUT2D eigenvalue weighted by Crippen LogP contribution is -2.42. The van der Waals surface area contributed by atoms with Gasteiger partial charge in [0.1, 0.15) is 55.1 Å². The molecule has 30 nitrogen and oxygen atoms in total. The average Bonchev–Trinajstić information content (AvgIpc) is 1.73. The number of benzene rings is 4. The van der Waals surface area contributed by atoms with Crippen molar-refractivity contribution in [3.8, 4) is 22.9 Å². The molecule has 15 rings (SSSR count). The van der Waals surface area contributed by atoms with Crippen molar-refractivity contribution in [1.29, 1.82) is 0 Å². The summed E-state index contributed by atoms with van der Waals surface area (Å²) < 4.78 is 91.5. The zero-order chi connectivity index (χ0) is 86.5. The number of imidazole rings is 4. The lowest BCUT2D eigenvalue weighted by Gasteiger charge is -2.21. The third-order valence-electron chi connectivity index (χ3n) is 15.3. The summed E-state index contributed by atoms with van der Waals surface area (Å²) in [5.74, 6) is 2.06. The number of carbonyl (C=O) groups excluding carboxylic acids is 4. The maximum Gasteiger partial charge on any atom is 0.339 e. The van der Waals surface area contributed by atoms with Gasteiger partial charge in [0.05, 0.1) is 93.4 Å². The molecular weight excluding hydrogens is 2080 g/mol. The lowest BCUT2D eigenvalue weighted by atomic mass is 10.2. The number of nitrogen functional groups attached to an aromatic ring is 1. The number of likely N-dealkylation sites (N-methyl/N-ethyl adjacent to an activating group) is 1. The molecule has 119 heavy (non-hydrogen) atoms. The Bertz CT molecular complexity index is 5850. The second kappa shape index (κ2) is 44.8. The van der Waals surface area contributed by atoms with Gasteiger partial charge in [-0.25, -0.2) is 43.3 Å². The first-order valence-corrected chi connectivity index (χ1v) is 44.1. The highest BCUT2D eigenvalue weighted by Gasteiger charge is 2.26. The van der Waals surface area contributed by atoms with E-state index in [1.165, 1.54) is 65.6 Å². The Morgan fingerprint density at radius 2 is 0.832 bits per heavy atom. The fraction of sp³-hybridized carbons (Fsp3) is 0.130. The first-order valence-electron chi connectivity index (χ1n) is 33.0. The zero-order valence-electron chi connectivity index (χ0n) is 59.9. The third-order valence-corrected chi connectivity index (χ3v) is 19.7. The maximum absolute atomic E-state index is 14.3. The van der Waals surface area contributed by atoms with Gasteiger partial charge in [-0.05, 0) is 125 Å². The van der Waals surface area contributed by atoms with Crippen molar-refractivity contribution in [2.24, 2.45) is 11.6 Å². The number of hydrogen-bond acceptors (Lipinski definition) is 23. The van der Waals surface area contributed by atoms with Gasteiger partial charge in [-0.2, -0.15) is 0 Å². The summed E-state index contributed by atoms with van der Waals surface area (Å²) in [6.07, 6.45) is 19.4. The molecule has 0 radical (unpaired) electrons. The number of hydrazine groups is 2. The van der Waals surface area contributed by atoms with Crippen molar-refractivity contribution >= 4 is 287 Å². The number of pyridine rings is 4. The number of morpholine rings is 1. The maximum atomic E-state index is 14.3. The molecule has 11 heterocycles. The van der Waals surface area contributed by atoms with Crippen molar-refractivity contribution in [2.75, 3.05) is 66.4 Å². The van der Waals surface area contributed by atoms with E-state index in [1.807, 2.05) is 5.43 Å². The summed E-state index contributed by atoms with van der Waals surface area (Å²) in [6, 6.07) is 18.2. The molecule has 1 saturated heterocycles. The number of aromatic nitrogens is 12. The molecule has 0 bridgehead atoms. The van der Waals surface area contributed by atoms with Gasteiger partial charge in [-0.3, -0.25) is 40.0 Å². The van der Waals surface area contributed by atoms with Crippen LogP contribution < -0.4 is 49.1 Å². The first kappa shape index (κ1) is 94.9. The Labute approximate surface area is 758 Å². The first-order chi connectivity index (χ1) is 56.7. The van der Waals surface area contributed by atoms with Gasteiger partial charge in [-0.1, -0.05) is 110 Å². The zero-order valence-corrected chi connectivity index (χ0v) is 75.4. The Hall–Kier alpha value is -7.90. The average molecular weight is 2140 g/mol. The number of rotatable bonds is 16. The summed E-state index contributed by atoms with van der Waals surface area (Å²) in [6.45, 7) is 4.13. The highest BCUT2D eigenvalue weighted by atomic mass is 79.9. The van der Waals surface area contributed by atoms with Crippen LogP contribution in [-0.2, 0) is 31.3 Å². The standard InChI is InChI=1S/C16H11BrCl2FN5O2.C16H9BrCl2FN5O.C16H11BrClFN6O.C14H10BrClFN5O.C5H11NO.C2H2Cl2O.Cl3OP/c17-8-1-2-11(10(20)5-8)22-14-9(16(27)24-23-12(26)6-18)7-25-4-3-21-15(25)13(14)19;17-8-1-2-11(10(20)5-8)22-14-9(16-24-23-12(6-18)26-16)7-25-4-3-21-15(25)13(14)19;17-8-1-2-11(10(19)5-8)22-14-9(16-24-23-12(6-20)26-16)7-25-4-3-21-15(25)13(14)18;15-7-1-2-10(9(17)5-7)20-12-8(14(23)21-18)6-22-4-3-19-13(22)11(12)16;1-6-2-4-7-5-3-6;3-1-2(4)5;1-5(2,3)4/h1-5,7,22H,6H2,(H,23,26)(H,24,27);1-5,7,22H,6H2;1-5,7,22H,6,20H2;1-6,20H,18H2,(H,21,23);2-5H2,1H3;1H2;. The summed E-state index contributed by atoms with van der Waals surface area (Å²) >= 11 is 73.1. The van der Waals surface area contributed by atoms with Gasteiger partial charge in [0.15, 0.2) is 22.6 Å². The molecule has 1 aliphatic heterocycles. The molecule has 1 fully saturated rings. The quantitative estimate of drug-likeness (QED) is 0.00825. The van der Waals surface area contributed by atoms with Crippen LogP contribution in [0.3, 0.4) is 0 Å². The van der Waals surface area contributed by atoms with Crippen molar-refractivity contribution in [1.82, 2.24) is 79.1 Å². The van der Waals surface area contributed by atoms with Crippen LogP contribution in [0.4, 0.5) is 63.1 Å². The normalized spacial score (nSPS) is 11.7. The molecule has 1 aliphatic rings. The number of ether oxygens (including phenoxy) is 1. The monoisotopic (exact) mass is 2130 g/mol. The minimum atomic E-state index is -3.22. The van der Waals surface area contributed by atoms with Gasteiger partial charge in [0.2, 0.25) is 17.0 Å². The van der Waals surface area contributed by atoms with E-state index < -0.39 is 51.4 Å². The molecule has 0 spiro atoms. The van der Waals surface area contributed by atoms with Crippen LogP contribution in [0.2, 0.25) is 20.1 Å². The Kier molecular flexibility index (Phi) is 35.7. The number of carbonyl (C=O) groups is 4. The molecule has 14 aromatic rings. The molecule has 0 saturated carbocycles. The Morgan fingerprint density at radius 3 is 1.13 bits per heavy atom. The van der Waals surface area contributed by atoms with E-state index in [0.717, 1.165) is 26.3 Å². The lowest BCUT2D eigenvalue weighted by molar-refractivity contribution is -0.119. The summed E-state index contributed by atoms with van der Waals surface area (Å²) in [7, 11) is 2.11. The highest BCUT2D eigenvalue weighted by molar-refractivity contribution is 9.11. The van der Waals surface area contributed by atoms with E-state index in [4.69, 9.17) is 118 Å². The van der Waals surface area contributed by atoms with Crippen molar-refractivity contribution < 1.29 is 54.9 Å². The smallest absolute Gasteiger partial charge is 0.339 e. The molecule has 4 aromatic carbocycles. The second-order valence-corrected chi connectivity index (χ2v) is 36.3. The molecule has 50 heteroatoms. The number of alkyl halides is 3. The van der Waals surface area contributed by atoms with Crippen molar-refractivity contribution in [2.45, 2.75) is 12.4 Å². The van der Waals surface area contributed by atoms with Crippen LogP contribution in [0, 0.1) is 23.3 Å². The fourth-order valence-corrected chi connectivity index (χ4v) is 12.7. The van der Waals surface area contributed by atoms with Crippen molar-refractivity contribution in [3.63, 3.8) is 0 Å². The summed E-state index contributed by atoms with van der Waals surface area (Å²) in [5, 5.41) is 24.5. The molecular formula is C69H54Br4Cl11F4N22O8P. The summed E-state index contributed by atoms with van der Waals surface area (Å²) in [5.41, 5.74) is 16.9. The van der Waals surface area contributed by atoms with E-state index in [1.54, 1.807) is 99.2 Å². The molecule has 10 aromatic heterocycles. The van der Waals surface area contributed by atoms with Crippen LogP contribution >= 0.6 is 195 Å². The molecule has 0 atom stereocenters. The predicted molar refractivity (Wildman–Crippen MR) is 467 cm³/mol. The van der Waals surface area contributed by atoms with E-state index in [-0.39, 0.29) is 103 Å². The van der Waals surface area contributed by atoms with Crippen LogP contribution in [0.15, 0.2) is 174 Å². The number of hydrogen-bond donors (Lipinski definition) is 9. The predicted octanol–water partition coefficient (Wildman–Crippen LogP) is 20.2. The van der Waals surface area contributed by atoms with Crippen molar-refractivity contribution in [3.05, 3.63) is 231 Å². The molecule has 0 aliphatic carbocycles. The number of fused-ring (bicyclic) bond motifs is 4. The molecule has 626 valence electrons. The van der Waals surface area contributed by atoms with E-state index in [2.05, 4.69) is 182 Å². The van der Waals surface area contributed by atoms with E-state index in [0.29, 0.717) is 73.0 Å². The molecule has 3 amide bonds. The van der Waals surface area contributed by atoms with Crippen LogP contribution in [-0.4, -0.2) is 131 Å². The highest BCUT2D eigenvalue weighted by Crippen LogP contribution is 2.61. The minimum absolute atomic E-state index is 0.0580. The van der Waals surface area contributed by atoms with Crippen LogP contribution in [0.1, 0.15) is 32.5 Å². The number of nitrogens with one attached hydrogen (secondary N) is 7. The van der Waals surface area contributed by atoms with Crippen LogP contribution in [0.5, 0.6) is 0 Å². The molecule has 0 unspecified atom stereocenters. The van der Waals surface area contributed by atoms with Gasteiger partial charge in [-0.15, -0.1) is 55.2 Å². The number of anilines is 8. The minimum Gasteiger partial charge on any atom is -0.419 e. The van der Waals surface area contributed by atoms with Gasteiger partial charge >= 0.3 is 5.20 Å². The largest absolute Gasteiger partial charge is 0.419 e. The number of amides is 3. The third kappa shape index (κ3) is 26.3. The SMILES string of the molecule is CN1CCOCC1.Fc1cc(Br)ccc1Nc1c(-c2nnc(CCl)o2)cn2ccnc2c1Cl.NCc1nnc(-c2cn3ccnc3c(Cl)c2Nc2ccc(Br)cc2F)o1.NNC(=O)c1cn2ccnc2c(Cl)c1Nc1ccc(Br)cc1F.O=C(CCl)NNC(=O)c1cn2ccnc2c(Cl)c1Nc1ccc(Br)cc1F.O=C(Cl)CCl.O=P(Cl)(Cl)Cl. The van der Waals surface area contributed by atoms with E-state index >= 15 is 0 Å². The van der Waals surface area contributed by atoms with Gasteiger partial charge in [0, 0.05) is 105 Å². The Morgan fingerprint density at radius 1 is 0.504 bits per heavy atom. The molecule has 11 N–H and O–H groups in total. The number of halogens is 19. The fourth-order valence-electron chi connectivity index (χ4n) is 9.96. The van der Waals surface area contributed by atoms with Gasteiger partial charge < -0.3 is 63.1 Å². The summed E-state index contributed by atoms with van der Waals surface area (Å²) in [4.78, 5) is 64.2. The van der Waals surface area contributed by atoms with Crippen LogP contribution in [0.25, 0.3) is 45.5 Å². The van der Waals surface area contributed by atoms with Gasteiger partial charge in [0.25, 0.3) is 29.5 Å². The number of nitrogens with two attached hydrogens (primary N) is 2. The Balaban J connectivity index is 0.000000169. The topological polar surface area (TPSA) is 381 Å². The van der Waals surface area contributed by atoms with E-state index in [9.17, 15) is 41.3 Å². The number of nitrogens with zero attached hydrogens (tertiary/aromatic N) is 13. The second-order valence-electron chi connectivity index (χ2n) is 23.3.